The van der Waals surface area contributed by atoms with Crippen molar-refractivity contribution < 1.29 is 9.53 Å². The molecule has 0 unspecified atom stereocenters. The van der Waals surface area contributed by atoms with Crippen LogP contribution in [0.25, 0.3) is 0 Å². The van der Waals surface area contributed by atoms with Crippen LogP contribution in [0.4, 0.5) is 0 Å². The Bertz CT molecular complexity index is 385. The SMILES string of the molecule is C#CC=CCOC(=O)CCc1ccccc1. The van der Waals surface area contributed by atoms with E-state index in [0.717, 1.165) is 5.56 Å². The molecule has 1 rings (SSSR count). The van der Waals surface area contributed by atoms with Crippen LogP contribution in [-0.2, 0) is 16.0 Å². The normalized spacial score (nSPS) is 9.94. The molecule has 0 aliphatic carbocycles. The summed E-state index contributed by atoms with van der Waals surface area (Å²) in [7, 11) is 0. The molecule has 0 saturated carbocycles. The number of carbonyl (C=O) groups is 1. The minimum atomic E-state index is -0.203. The number of ether oxygens (including phenoxy) is 1. The number of carbonyl (C=O) groups excluding carboxylic acids is 1. The largest absolute Gasteiger partial charge is 0.461 e. The molecule has 0 aromatic heterocycles. The third-order valence-corrected chi connectivity index (χ3v) is 2.02. The third-order valence-electron chi connectivity index (χ3n) is 2.02. The fraction of sp³-hybridized carbons (Fsp3) is 0.214. The fourth-order valence-corrected chi connectivity index (χ4v) is 1.22. The van der Waals surface area contributed by atoms with E-state index in [9.17, 15) is 4.79 Å². The van der Waals surface area contributed by atoms with Gasteiger partial charge in [0.25, 0.3) is 0 Å². The predicted octanol–water partition coefficient (Wildman–Crippen LogP) is 2.35. The molecule has 0 saturated heterocycles. The molecule has 0 heterocycles. The molecule has 0 aliphatic heterocycles. The van der Waals surface area contributed by atoms with Crippen molar-refractivity contribution in [2.75, 3.05) is 6.61 Å². The Morgan fingerprint density at radius 1 is 1.38 bits per heavy atom. The molecule has 2 nitrogen and oxygen atoms in total. The molecule has 0 N–H and O–H groups in total. The lowest BCUT2D eigenvalue weighted by Gasteiger charge is -2.01. The van der Waals surface area contributed by atoms with Crippen LogP contribution < -0.4 is 0 Å². The van der Waals surface area contributed by atoms with Gasteiger partial charge in [0.1, 0.15) is 6.61 Å². The zero-order valence-corrected chi connectivity index (χ0v) is 9.06. The summed E-state index contributed by atoms with van der Waals surface area (Å²) in [6.07, 6.45) is 9.26. The van der Waals surface area contributed by atoms with Crippen molar-refractivity contribution in [3.8, 4) is 12.3 Å². The van der Waals surface area contributed by atoms with Gasteiger partial charge in [-0.3, -0.25) is 4.79 Å². The maximum atomic E-state index is 11.3. The van der Waals surface area contributed by atoms with Crippen LogP contribution in [0.15, 0.2) is 42.5 Å². The monoisotopic (exact) mass is 214 g/mol. The van der Waals surface area contributed by atoms with Gasteiger partial charge < -0.3 is 4.74 Å². The first-order valence-electron chi connectivity index (χ1n) is 5.13. The zero-order valence-electron chi connectivity index (χ0n) is 9.06. The summed E-state index contributed by atoms with van der Waals surface area (Å²) in [5.41, 5.74) is 1.14. The van der Waals surface area contributed by atoms with Crippen LogP contribution in [0.5, 0.6) is 0 Å². The quantitative estimate of drug-likeness (QED) is 0.555. The molecule has 16 heavy (non-hydrogen) atoms. The standard InChI is InChI=1S/C14H14O2/c1-2-3-7-12-16-14(15)11-10-13-8-5-4-6-9-13/h1,3-9H,10-12H2. The lowest BCUT2D eigenvalue weighted by molar-refractivity contribution is -0.142. The molecule has 0 amide bonds. The Labute approximate surface area is 95.9 Å². The van der Waals surface area contributed by atoms with Crippen LogP contribution in [0.3, 0.4) is 0 Å². The molecule has 2 heteroatoms. The summed E-state index contributed by atoms with van der Waals surface area (Å²) in [4.78, 5) is 11.3. The summed E-state index contributed by atoms with van der Waals surface area (Å²) in [6, 6.07) is 9.84. The van der Waals surface area contributed by atoms with Crippen molar-refractivity contribution in [3.63, 3.8) is 0 Å². The Balaban J connectivity index is 2.21. The summed E-state index contributed by atoms with van der Waals surface area (Å²) < 4.78 is 4.94. The van der Waals surface area contributed by atoms with E-state index in [1.165, 1.54) is 6.08 Å². The highest BCUT2D eigenvalue weighted by Gasteiger charge is 2.01. The minimum absolute atomic E-state index is 0.203. The van der Waals surface area contributed by atoms with E-state index < -0.39 is 0 Å². The van der Waals surface area contributed by atoms with Crippen LogP contribution in [0, 0.1) is 12.3 Å². The minimum Gasteiger partial charge on any atom is -0.461 e. The van der Waals surface area contributed by atoms with Gasteiger partial charge >= 0.3 is 5.97 Å². The highest BCUT2D eigenvalue weighted by atomic mass is 16.5. The molecule has 0 radical (unpaired) electrons. The summed E-state index contributed by atoms with van der Waals surface area (Å²) in [5, 5.41) is 0. The van der Waals surface area contributed by atoms with Crippen molar-refractivity contribution in [3.05, 3.63) is 48.0 Å². The summed E-state index contributed by atoms with van der Waals surface area (Å²) >= 11 is 0. The molecule has 0 aliphatic rings. The van der Waals surface area contributed by atoms with Crippen LogP contribution in [0.2, 0.25) is 0 Å². The van der Waals surface area contributed by atoms with Crippen LogP contribution >= 0.6 is 0 Å². The van der Waals surface area contributed by atoms with E-state index in [-0.39, 0.29) is 12.6 Å². The topological polar surface area (TPSA) is 26.3 Å². The number of benzene rings is 1. The molecule has 0 fully saturated rings. The van der Waals surface area contributed by atoms with E-state index in [4.69, 9.17) is 11.2 Å². The highest BCUT2D eigenvalue weighted by molar-refractivity contribution is 5.69. The first kappa shape index (κ1) is 12.1. The highest BCUT2D eigenvalue weighted by Crippen LogP contribution is 2.03. The van der Waals surface area contributed by atoms with Gasteiger partial charge in [0.2, 0.25) is 0 Å². The first-order chi connectivity index (χ1) is 7.83. The number of allylic oxidation sites excluding steroid dienone is 1. The Hall–Kier alpha value is -2.01. The van der Waals surface area contributed by atoms with Crippen molar-refractivity contribution in [1.82, 2.24) is 0 Å². The van der Waals surface area contributed by atoms with E-state index in [0.29, 0.717) is 12.8 Å². The molecule has 82 valence electrons. The van der Waals surface area contributed by atoms with E-state index >= 15 is 0 Å². The summed E-state index contributed by atoms with van der Waals surface area (Å²) in [5.74, 6) is 2.12. The van der Waals surface area contributed by atoms with Crippen molar-refractivity contribution in [2.45, 2.75) is 12.8 Å². The maximum Gasteiger partial charge on any atom is 0.306 e. The van der Waals surface area contributed by atoms with E-state index in [1.807, 2.05) is 30.3 Å². The average Bonchev–Trinajstić information content (AvgIpc) is 2.33. The maximum absolute atomic E-state index is 11.3. The van der Waals surface area contributed by atoms with Crippen molar-refractivity contribution in [2.24, 2.45) is 0 Å². The Morgan fingerprint density at radius 2 is 2.12 bits per heavy atom. The second-order valence-corrected chi connectivity index (χ2v) is 3.24. The van der Waals surface area contributed by atoms with Gasteiger partial charge in [-0.25, -0.2) is 0 Å². The molecular formula is C14H14O2. The molecule has 0 spiro atoms. The zero-order chi connectivity index (χ0) is 11.6. The summed E-state index contributed by atoms with van der Waals surface area (Å²) in [6.45, 7) is 0.248. The molecule has 1 aromatic carbocycles. The van der Waals surface area contributed by atoms with Crippen LogP contribution in [-0.4, -0.2) is 12.6 Å². The van der Waals surface area contributed by atoms with Crippen LogP contribution in [0.1, 0.15) is 12.0 Å². The average molecular weight is 214 g/mol. The van der Waals surface area contributed by atoms with Gasteiger partial charge in [0.05, 0.1) is 0 Å². The van der Waals surface area contributed by atoms with Crippen molar-refractivity contribution >= 4 is 5.97 Å². The number of aryl methyl sites for hydroxylation is 1. The third kappa shape index (κ3) is 5.02. The number of esters is 1. The second kappa shape index (κ2) is 7.30. The first-order valence-corrected chi connectivity index (χ1v) is 5.13. The molecular weight excluding hydrogens is 200 g/mol. The molecule has 0 atom stereocenters. The van der Waals surface area contributed by atoms with Crippen molar-refractivity contribution in [1.29, 1.82) is 0 Å². The van der Waals surface area contributed by atoms with Gasteiger partial charge in [-0.2, -0.15) is 0 Å². The van der Waals surface area contributed by atoms with E-state index in [2.05, 4.69) is 5.92 Å². The van der Waals surface area contributed by atoms with Gasteiger partial charge in [0, 0.05) is 6.42 Å². The number of hydrogen-bond donors (Lipinski definition) is 0. The van der Waals surface area contributed by atoms with E-state index in [1.54, 1.807) is 6.08 Å². The van der Waals surface area contributed by atoms with Gasteiger partial charge in [0.15, 0.2) is 0 Å². The smallest absolute Gasteiger partial charge is 0.306 e. The number of terminal acetylenes is 1. The molecule has 1 aromatic rings. The lowest BCUT2D eigenvalue weighted by Crippen LogP contribution is -2.05. The van der Waals surface area contributed by atoms with Gasteiger partial charge in [-0.1, -0.05) is 36.3 Å². The van der Waals surface area contributed by atoms with Gasteiger partial charge in [-0.05, 0) is 24.1 Å². The molecule has 0 bridgehead atoms. The second-order valence-electron chi connectivity index (χ2n) is 3.24. The lowest BCUT2D eigenvalue weighted by atomic mass is 10.1. The number of hydrogen-bond acceptors (Lipinski definition) is 2. The fourth-order valence-electron chi connectivity index (χ4n) is 1.22. The van der Waals surface area contributed by atoms with Gasteiger partial charge in [-0.15, -0.1) is 6.42 Å². The Morgan fingerprint density at radius 3 is 2.81 bits per heavy atom. The predicted molar refractivity (Wildman–Crippen MR) is 63.7 cm³/mol. The Kier molecular flexibility index (Phi) is 5.51. The number of rotatable bonds is 5.